The molecule has 2 rings (SSSR count). The lowest BCUT2D eigenvalue weighted by atomic mass is 10.2. The van der Waals surface area contributed by atoms with E-state index >= 15 is 0 Å². The first-order valence-electron chi connectivity index (χ1n) is 7.81. The Hall–Kier alpha value is -2.33. The molecule has 0 atom stereocenters. The monoisotopic (exact) mass is 344 g/mol. The van der Waals surface area contributed by atoms with Crippen molar-refractivity contribution in [3.63, 3.8) is 0 Å². The van der Waals surface area contributed by atoms with Gasteiger partial charge in [0.25, 0.3) is 0 Å². The van der Waals surface area contributed by atoms with Crippen LogP contribution in [0.25, 0.3) is 0 Å². The van der Waals surface area contributed by atoms with E-state index in [1.165, 1.54) is 6.92 Å². The molecule has 0 radical (unpaired) electrons. The Morgan fingerprint density at radius 1 is 1.08 bits per heavy atom. The van der Waals surface area contributed by atoms with Gasteiger partial charge in [-0.25, -0.2) is 0 Å². The summed E-state index contributed by atoms with van der Waals surface area (Å²) in [7, 11) is 0. The molecule has 2 amide bonds. The molecule has 24 heavy (non-hydrogen) atoms. The Morgan fingerprint density at radius 3 is 2.38 bits per heavy atom. The van der Waals surface area contributed by atoms with E-state index < -0.39 is 0 Å². The van der Waals surface area contributed by atoms with Crippen LogP contribution in [0.1, 0.15) is 24.5 Å². The Bertz CT molecular complexity index is 714. The Balaban J connectivity index is 1.91. The van der Waals surface area contributed by atoms with Crippen molar-refractivity contribution < 1.29 is 9.59 Å². The highest BCUT2D eigenvalue weighted by Crippen LogP contribution is 2.17. The predicted molar refractivity (Wildman–Crippen MR) is 97.0 cm³/mol. The van der Waals surface area contributed by atoms with Crippen LogP contribution in [0.5, 0.6) is 0 Å². The van der Waals surface area contributed by atoms with Crippen LogP contribution >= 0.6 is 11.6 Å². The van der Waals surface area contributed by atoms with Crippen LogP contribution in [0.15, 0.2) is 48.5 Å². The average molecular weight is 345 g/mol. The third kappa shape index (κ3) is 5.39. The zero-order valence-electron chi connectivity index (χ0n) is 13.9. The number of halogens is 1. The molecule has 0 fully saturated rings. The van der Waals surface area contributed by atoms with Gasteiger partial charge >= 0.3 is 0 Å². The summed E-state index contributed by atoms with van der Waals surface area (Å²) >= 11 is 6.14. The summed E-state index contributed by atoms with van der Waals surface area (Å²) in [5.41, 5.74) is 2.76. The highest BCUT2D eigenvalue weighted by atomic mass is 35.5. The number of nitrogens with zero attached hydrogens (tertiary/aromatic N) is 1. The van der Waals surface area contributed by atoms with Gasteiger partial charge in [-0.3, -0.25) is 9.59 Å². The van der Waals surface area contributed by atoms with Crippen LogP contribution in [0.4, 0.5) is 5.69 Å². The smallest absolute Gasteiger partial charge is 0.226 e. The van der Waals surface area contributed by atoms with E-state index in [1.54, 1.807) is 11.0 Å². The standard InChI is InChI=1S/C19H21ClN2O2/c1-14-7-9-17(10-8-14)21-19(24)11-12-22(15(2)23)13-16-5-3-4-6-18(16)20/h3-10H,11-13H2,1-2H3,(H,21,24). The molecule has 0 unspecified atom stereocenters. The largest absolute Gasteiger partial charge is 0.338 e. The fourth-order valence-corrected chi connectivity index (χ4v) is 2.47. The molecule has 0 spiro atoms. The first-order valence-corrected chi connectivity index (χ1v) is 8.19. The molecule has 126 valence electrons. The SMILES string of the molecule is CC(=O)N(CCC(=O)Nc1ccc(C)cc1)Cc1ccccc1Cl. The van der Waals surface area contributed by atoms with Gasteiger partial charge in [0.15, 0.2) is 0 Å². The van der Waals surface area contributed by atoms with Gasteiger partial charge in [-0.15, -0.1) is 0 Å². The molecular weight excluding hydrogens is 324 g/mol. The van der Waals surface area contributed by atoms with E-state index in [4.69, 9.17) is 11.6 Å². The summed E-state index contributed by atoms with van der Waals surface area (Å²) in [5, 5.41) is 3.45. The molecular formula is C19H21ClN2O2. The molecule has 0 aromatic heterocycles. The third-order valence-corrected chi connectivity index (χ3v) is 4.08. The number of benzene rings is 2. The van der Waals surface area contributed by atoms with Crippen LogP contribution in [0.2, 0.25) is 5.02 Å². The van der Waals surface area contributed by atoms with Gasteiger partial charge in [0, 0.05) is 37.1 Å². The van der Waals surface area contributed by atoms with E-state index in [9.17, 15) is 9.59 Å². The fraction of sp³-hybridized carbons (Fsp3) is 0.263. The van der Waals surface area contributed by atoms with E-state index in [-0.39, 0.29) is 18.2 Å². The lowest BCUT2D eigenvalue weighted by molar-refractivity contribution is -0.129. The minimum atomic E-state index is -0.121. The number of anilines is 1. The van der Waals surface area contributed by atoms with Gasteiger partial charge in [-0.05, 0) is 30.7 Å². The van der Waals surface area contributed by atoms with Crippen molar-refractivity contribution >= 4 is 29.1 Å². The van der Waals surface area contributed by atoms with Crippen molar-refractivity contribution in [3.05, 3.63) is 64.7 Å². The van der Waals surface area contributed by atoms with E-state index in [0.717, 1.165) is 16.8 Å². The second kappa shape index (κ2) is 8.50. The summed E-state index contributed by atoms with van der Waals surface area (Å²) in [4.78, 5) is 25.5. The summed E-state index contributed by atoms with van der Waals surface area (Å²) in [6, 6.07) is 15.0. The van der Waals surface area contributed by atoms with Gasteiger partial charge in [-0.1, -0.05) is 47.5 Å². The van der Waals surface area contributed by atoms with Crippen LogP contribution < -0.4 is 5.32 Å². The molecule has 5 heteroatoms. The zero-order chi connectivity index (χ0) is 17.5. The van der Waals surface area contributed by atoms with Gasteiger partial charge in [0.05, 0.1) is 0 Å². The lowest BCUT2D eigenvalue weighted by Crippen LogP contribution is -2.31. The van der Waals surface area contributed by atoms with Crippen molar-refractivity contribution in [3.8, 4) is 0 Å². The van der Waals surface area contributed by atoms with Crippen LogP contribution in [0, 0.1) is 6.92 Å². The van der Waals surface area contributed by atoms with E-state index in [1.807, 2.05) is 49.4 Å². The molecule has 4 nitrogen and oxygen atoms in total. The van der Waals surface area contributed by atoms with Crippen molar-refractivity contribution in [2.75, 3.05) is 11.9 Å². The first-order chi connectivity index (χ1) is 11.5. The number of hydrogen-bond acceptors (Lipinski definition) is 2. The molecule has 0 aliphatic heterocycles. The van der Waals surface area contributed by atoms with Gasteiger partial charge < -0.3 is 10.2 Å². The number of amides is 2. The molecule has 0 heterocycles. The minimum Gasteiger partial charge on any atom is -0.338 e. The highest BCUT2D eigenvalue weighted by Gasteiger charge is 2.13. The number of aryl methyl sites for hydroxylation is 1. The fourth-order valence-electron chi connectivity index (χ4n) is 2.28. The molecule has 0 bridgehead atoms. The molecule has 0 aliphatic rings. The molecule has 0 saturated heterocycles. The minimum absolute atomic E-state index is 0.0851. The van der Waals surface area contributed by atoms with Crippen molar-refractivity contribution in [1.82, 2.24) is 4.90 Å². The molecule has 2 aromatic carbocycles. The van der Waals surface area contributed by atoms with Gasteiger partial charge in [0.2, 0.25) is 11.8 Å². The quantitative estimate of drug-likeness (QED) is 0.860. The Labute approximate surface area is 147 Å². The maximum Gasteiger partial charge on any atom is 0.226 e. The maximum atomic E-state index is 12.1. The second-order valence-corrected chi connectivity index (χ2v) is 6.10. The van der Waals surface area contributed by atoms with Crippen LogP contribution in [0.3, 0.4) is 0 Å². The number of hydrogen-bond donors (Lipinski definition) is 1. The normalized spacial score (nSPS) is 10.3. The van der Waals surface area contributed by atoms with Crippen LogP contribution in [-0.2, 0) is 16.1 Å². The molecule has 0 aliphatic carbocycles. The topological polar surface area (TPSA) is 49.4 Å². The van der Waals surface area contributed by atoms with E-state index in [2.05, 4.69) is 5.32 Å². The summed E-state index contributed by atoms with van der Waals surface area (Å²) in [5.74, 6) is -0.206. The van der Waals surface area contributed by atoms with Crippen LogP contribution in [-0.4, -0.2) is 23.3 Å². The number of carbonyl (C=O) groups is 2. The first kappa shape index (κ1) is 18.0. The summed E-state index contributed by atoms with van der Waals surface area (Å²) in [6.45, 7) is 4.23. The summed E-state index contributed by atoms with van der Waals surface area (Å²) in [6.07, 6.45) is 0.234. The maximum absolute atomic E-state index is 12.1. The number of carbonyl (C=O) groups excluding carboxylic acids is 2. The van der Waals surface area contributed by atoms with Crippen molar-refractivity contribution in [1.29, 1.82) is 0 Å². The van der Waals surface area contributed by atoms with Crippen molar-refractivity contribution in [2.45, 2.75) is 26.8 Å². The zero-order valence-corrected chi connectivity index (χ0v) is 14.6. The number of nitrogens with one attached hydrogen (secondary N) is 1. The lowest BCUT2D eigenvalue weighted by Gasteiger charge is -2.21. The highest BCUT2D eigenvalue weighted by molar-refractivity contribution is 6.31. The van der Waals surface area contributed by atoms with Gasteiger partial charge in [-0.2, -0.15) is 0 Å². The Kier molecular flexibility index (Phi) is 6.38. The van der Waals surface area contributed by atoms with Gasteiger partial charge in [0.1, 0.15) is 0 Å². The second-order valence-electron chi connectivity index (χ2n) is 5.70. The Morgan fingerprint density at radius 2 is 1.75 bits per heavy atom. The molecule has 2 aromatic rings. The summed E-state index contributed by atoms with van der Waals surface area (Å²) < 4.78 is 0. The molecule has 1 N–H and O–H groups in total. The third-order valence-electron chi connectivity index (χ3n) is 3.71. The molecule has 0 saturated carbocycles. The average Bonchev–Trinajstić information content (AvgIpc) is 2.55. The number of rotatable bonds is 6. The van der Waals surface area contributed by atoms with Crippen molar-refractivity contribution in [2.24, 2.45) is 0 Å². The van der Waals surface area contributed by atoms with E-state index in [0.29, 0.717) is 18.1 Å². The predicted octanol–water partition coefficient (Wildman–Crippen LogP) is 4.03.